The molecule has 9 heteroatoms. The predicted octanol–water partition coefficient (Wildman–Crippen LogP) is 0.694. The van der Waals surface area contributed by atoms with Gasteiger partial charge in [0.1, 0.15) is 17.2 Å². The monoisotopic (exact) mass is 410 g/mol. The summed E-state index contributed by atoms with van der Waals surface area (Å²) in [6.07, 6.45) is 1.03. The van der Waals surface area contributed by atoms with Crippen molar-refractivity contribution in [3.63, 3.8) is 0 Å². The van der Waals surface area contributed by atoms with Crippen molar-refractivity contribution in [3.8, 4) is 0 Å². The minimum Gasteiger partial charge on any atom is -0.395 e. The van der Waals surface area contributed by atoms with Gasteiger partial charge in [-0.05, 0) is 28.5 Å². The SMILES string of the molecule is CC[NH+]1CCc2c(sc3c2c(N(CCO)Cc2ccccc2)nc2nnnn23)C1. The van der Waals surface area contributed by atoms with Crippen LogP contribution in [0.25, 0.3) is 16.0 Å². The van der Waals surface area contributed by atoms with Gasteiger partial charge < -0.3 is 14.9 Å². The number of thiophene rings is 1. The van der Waals surface area contributed by atoms with Crippen LogP contribution in [0.4, 0.5) is 5.82 Å². The van der Waals surface area contributed by atoms with Gasteiger partial charge in [-0.2, -0.15) is 9.50 Å². The topological polar surface area (TPSA) is 83.9 Å². The summed E-state index contributed by atoms with van der Waals surface area (Å²) in [4.78, 5) is 11.0. The number of aromatic nitrogens is 5. The van der Waals surface area contributed by atoms with Crippen molar-refractivity contribution in [2.75, 3.05) is 31.1 Å². The highest BCUT2D eigenvalue weighted by Crippen LogP contribution is 2.38. The Balaban J connectivity index is 1.69. The van der Waals surface area contributed by atoms with E-state index >= 15 is 0 Å². The van der Waals surface area contributed by atoms with Crippen molar-refractivity contribution in [1.29, 1.82) is 0 Å². The number of hydrogen-bond acceptors (Lipinski definition) is 7. The van der Waals surface area contributed by atoms with E-state index in [9.17, 15) is 5.11 Å². The van der Waals surface area contributed by atoms with Crippen LogP contribution in [0.15, 0.2) is 30.3 Å². The van der Waals surface area contributed by atoms with Gasteiger partial charge in [0.15, 0.2) is 0 Å². The number of fused-ring (bicyclic) bond motifs is 5. The Hall–Kier alpha value is -2.62. The Morgan fingerprint density at radius 3 is 2.93 bits per heavy atom. The second kappa shape index (κ2) is 7.66. The molecule has 0 saturated heterocycles. The number of quaternary nitrogens is 1. The van der Waals surface area contributed by atoms with Crippen molar-refractivity contribution in [3.05, 3.63) is 46.3 Å². The second-order valence-electron chi connectivity index (χ2n) is 7.42. The Bertz CT molecular complexity index is 1140. The average Bonchev–Trinajstić information content (AvgIpc) is 3.37. The van der Waals surface area contributed by atoms with Crippen LogP contribution in [-0.4, -0.2) is 56.4 Å². The summed E-state index contributed by atoms with van der Waals surface area (Å²) in [6.45, 7) is 6.77. The van der Waals surface area contributed by atoms with Crippen molar-refractivity contribution < 1.29 is 10.0 Å². The molecule has 3 aromatic heterocycles. The molecule has 2 N–H and O–H groups in total. The first-order valence-electron chi connectivity index (χ1n) is 10.0. The number of nitrogens with zero attached hydrogens (tertiary/aromatic N) is 6. The van der Waals surface area contributed by atoms with Gasteiger partial charge in [-0.25, -0.2) is 0 Å². The largest absolute Gasteiger partial charge is 0.395 e. The highest BCUT2D eigenvalue weighted by atomic mass is 32.1. The van der Waals surface area contributed by atoms with Crippen LogP contribution in [0, 0.1) is 0 Å². The van der Waals surface area contributed by atoms with E-state index in [0.29, 0.717) is 18.9 Å². The van der Waals surface area contributed by atoms with Gasteiger partial charge >= 0.3 is 0 Å². The third kappa shape index (κ3) is 3.25. The Labute approximate surface area is 172 Å². The van der Waals surface area contributed by atoms with E-state index < -0.39 is 0 Å². The van der Waals surface area contributed by atoms with Crippen LogP contribution in [0.5, 0.6) is 0 Å². The molecular weight excluding hydrogens is 386 g/mol. The van der Waals surface area contributed by atoms with Crippen LogP contribution in [-0.2, 0) is 19.5 Å². The summed E-state index contributed by atoms with van der Waals surface area (Å²) in [5, 5.41) is 23.1. The van der Waals surface area contributed by atoms with E-state index in [1.54, 1.807) is 20.8 Å². The average molecular weight is 411 g/mol. The highest BCUT2D eigenvalue weighted by Gasteiger charge is 2.28. The zero-order valence-electron chi connectivity index (χ0n) is 16.4. The lowest BCUT2D eigenvalue weighted by Gasteiger charge is -2.25. The molecule has 0 amide bonds. The quantitative estimate of drug-likeness (QED) is 0.487. The van der Waals surface area contributed by atoms with Gasteiger partial charge in [0, 0.05) is 19.5 Å². The zero-order chi connectivity index (χ0) is 19.8. The highest BCUT2D eigenvalue weighted by molar-refractivity contribution is 7.19. The van der Waals surface area contributed by atoms with Crippen molar-refractivity contribution in [2.24, 2.45) is 0 Å². The molecule has 8 nitrogen and oxygen atoms in total. The summed E-state index contributed by atoms with van der Waals surface area (Å²) >= 11 is 1.78. The van der Waals surface area contributed by atoms with Crippen molar-refractivity contribution >= 4 is 33.1 Å². The summed E-state index contributed by atoms with van der Waals surface area (Å²) in [5.74, 6) is 1.37. The lowest BCUT2D eigenvalue weighted by Crippen LogP contribution is -3.11. The summed E-state index contributed by atoms with van der Waals surface area (Å²) in [5.41, 5.74) is 2.55. The van der Waals surface area contributed by atoms with Crippen LogP contribution in [0.3, 0.4) is 0 Å². The lowest BCUT2D eigenvalue weighted by molar-refractivity contribution is -0.913. The molecule has 1 atom stereocenters. The van der Waals surface area contributed by atoms with E-state index in [1.165, 1.54) is 16.0 Å². The number of nitrogens with one attached hydrogen (secondary N) is 1. The normalized spacial score (nSPS) is 16.4. The van der Waals surface area contributed by atoms with Gasteiger partial charge in [0.2, 0.25) is 0 Å². The fraction of sp³-hybridized carbons (Fsp3) is 0.400. The van der Waals surface area contributed by atoms with Crippen LogP contribution < -0.4 is 9.80 Å². The van der Waals surface area contributed by atoms with Gasteiger partial charge in [0.25, 0.3) is 5.78 Å². The molecule has 0 spiro atoms. The third-order valence-electron chi connectivity index (χ3n) is 5.67. The van der Waals surface area contributed by atoms with E-state index in [0.717, 1.165) is 42.1 Å². The molecule has 0 radical (unpaired) electrons. The van der Waals surface area contributed by atoms with Gasteiger partial charge in [-0.15, -0.1) is 11.3 Å². The van der Waals surface area contributed by atoms with E-state index in [-0.39, 0.29) is 6.61 Å². The first-order chi connectivity index (χ1) is 14.3. The minimum absolute atomic E-state index is 0.0617. The molecule has 1 aromatic carbocycles. The first kappa shape index (κ1) is 18.4. The smallest absolute Gasteiger partial charge is 0.276 e. The van der Waals surface area contributed by atoms with Crippen molar-refractivity contribution in [1.82, 2.24) is 25.0 Å². The zero-order valence-corrected chi connectivity index (χ0v) is 17.2. The number of anilines is 1. The number of tetrazole rings is 1. The van der Waals surface area contributed by atoms with E-state index in [1.807, 2.05) is 18.2 Å². The minimum atomic E-state index is 0.0617. The van der Waals surface area contributed by atoms with Crippen LogP contribution in [0.1, 0.15) is 22.9 Å². The molecule has 1 aliphatic heterocycles. The summed E-state index contributed by atoms with van der Waals surface area (Å²) in [6, 6.07) is 10.3. The fourth-order valence-corrected chi connectivity index (χ4v) is 5.51. The summed E-state index contributed by atoms with van der Waals surface area (Å²) in [7, 11) is 0. The maximum atomic E-state index is 9.76. The number of aliphatic hydroxyl groups is 1. The molecule has 4 aromatic rings. The van der Waals surface area contributed by atoms with E-state index in [4.69, 9.17) is 4.98 Å². The summed E-state index contributed by atoms with van der Waals surface area (Å²) < 4.78 is 1.76. The fourth-order valence-electron chi connectivity index (χ4n) is 4.15. The first-order valence-corrected chi connectivity index (χ1v) is 10.9. The number of benzene rings is 1. The molecule has 1 aliphatic rings. The molecule has 0 aliphatic carbocycles. The van der Waals surface area contributed by atoms with Crippen LogP contribution >= 0.6 is 11.3 Å². The molecule has 0 bridgehead atoms. The molecule has 29 heavy (non-hydrogen) atoms. The molecular formula is C20H24N7OS+. The number of likely N-dealkylation sites (N-methyl/N-ethyl adjacent to an activating group) is 1. The van der Waals surface area contributed by atoms with Gasteiger partial charge in [-0.1, -0.05) is 35.4 Å². The van der Waals surface area contributed by atoms with Crippen molar-refractivity contribution in [2.45, 2.75) is 26.4 Å². The maximum Gasteiger partial charge on any atom is 0.276 e. The number of aliphatic hydroxyl groups excluding tert-OH is 1. The number of hydrogen-bond donors (Lipinski definition) is 2. The molecule has 1 unspecified atom stereocenters. The molecule has 0 saturated carbocycles. The molecule has 5 rings (SSSR count). The van der Waals surface area contributed by atoms with Crippen LogP contribution in [0.2, 0.25) is 0 Å². The van der Waals surface area contributed by atoms with E-state index in [2.05, 4.69) is 39.5 Å². The molecule has 0 fully saturated rings. The number of rotatable bonds is 6. The standard InChI is InChI=1S/C20H23N7OS/c1-2-25-9-8-15-16(13-25)29-19-17(15)18(21-20-22-23-24-27(19)20)26(10-11-28)12-14-6-4-3-5-7-14/h3-7,28H,2,8-13H2,1H3/p+1. The predicted molar refractivity (Wildman–Crippen MR) is 112 cm³/mol. The Morgan fingerprint density at radius 1 is 1.28 bits per heavy atom. The van der Waals surface area contributed by atoms with Gasteiger partial charge in [-0.3, -0.25) is 0 Å². The third-order valence-corrected chi connectivity index (χ3v) is 6.88. The molecule has 150 valence electrons. The Morgan fingerprint density at radius 2 is 2.14 bits per heavy atom. The molecule has 4 heterocycles. The second-order valence-corrected chi connectivity index (χ2v) is 8.50. The Kier molecular flexibility index (Phi) is 4.86. The van der Waals surface area contributed by atoms with Gasteiger partial charge in [0.05, 0.1) is 30.0 Å². The lowest BCUT2D eigenvalue weighted by atomic mass is 10.0. The maximum absolute atomic E-state index is 9.76.